The molecule has 0 fully saturated rings. The SMILES string of the molecule is NCC(N)(c1ccc([N+](=O)[O-])cc1[N+](=O)[O-])c1ccc([N+](=O)[O-])cc1[N+](=O)[O-]. The number of nitrogens with two attached hydrogens (primary N) is 2. The maximum atomic E-state index is 11.4. The molecule has 14 nitrogen and oxygen atoms in total. The minimum Gasteiger partial charge on any atom is -0.328 e. The van der Waals surface area contributed by atoms with Crippen molar-refractivity contribution in [2.75, 3.05) is 6.54 Å². The molecule has 4 N–H and O–H groups in total. The molecule has 0 heterocycles. The molecule has 0 atom stereocenters. The summed E-state index contributed by atoms with van der Waals surface area (Å²) in [5.74, 6) is 0. The molecule has 0 aliphatic rings. The quantitative estimate of drug-likeness (QED) is 0.509. The van der Waals surface area contributed by atoms with Gasteiger partial charge in [-0.2, -0.15) is 0 Å². The standard InChI is InChI=1S/C14H12N6O8/c15-7-14(16,10-3-1-8(17(21)22)5-12(10)19(25)26)11-4-2-9(18(23)24)6-13(11)20(27)28/h1-6H,7,15-16H2. The Kier molecular flexibility index (Phi) is 5.28. The van der Waals surface area contributed by atoms with Crippen LogP contribution in [-0.4, -0.2) is 26.2 Å². The number of benzene rings is 2. The molecule has 2 aromatic rings. The van der Waals surface area contributed by atoms with Gasteiger partial charge in [0.15, 0.2) is 0 Å². The van der Waals surface area contributed by atoms with Crippen molar-refractivity contribution in [3.8, 4) is 0 Å². The van der Waals surface area contributed by atoms with E-state index in [0.29, 0.717) is 12.1 Å². The fourth-order valence-electron chi connectivity index (χ4n) is 2.69. The first kappa shape index (κ1) is 20.3. The lowest BCUT2D eigenvalue weighted by atomic mass is 9.81. The van der Waals surface area contributed by atoms with Crippen LogP contribution in [0.2, 0.25) is 0 Å². The maximum Gasteiger partial charge on any atom is 0.281 e. The van der Waals surface area contributed by atoms with Crippen molar-refractivity contribution in [1.29, 1.82) is 0 Å². The summed E-state index contributed by atoms with van der Waals surface area (Å²) in [7, 11) is 0. The first-order valence-electron chi connectivity index (χ1n) is 7.38. The summed E-state index contributed by atoms with van der Waals surface area (Å²) in [6.07, 6.45) is 0. The van der Waals surface area contributed by atoms with Crippen molar-refractivity contribution in [2.45, 2.75) is 5.54 Å². The first-order valence-corrected chi connectivity index (χ1v) is 7.38. The van der Waals surface area contributed by atoms with Crippen LogP contribution in [0.25, 0.3) is 0 Å². The number of hydrogen-bond acceptors (Lipinski definition) is 10. The molecule has 0 spiro atoms. The van der Waals surface area contributed by atoms with Crippen LogP contribution in [0.5, 0.6) is 0 Å². The highest BCUT2D eigenvalue weighted by atomic mass is 16.6. The fraction of sp³-hybridized carbons (Fsp3) is 0.143. The number of nitro benzene ring substituents is 4. The Morgan fingerprint density at radius 1 is 0.714 bits per heavy atom. The normalized spacial score (nSPS) is 11.1. The third-order valence-corrected chi connectivity index (χ3v) is 4.06. The van der Waals surface area contributed by atoms with Crippen LogP contribution in [0.3, 0.4) is 0 Å². The zero-order valence-corrected chi connectivity index (χ0v) is 13.9. The first-order chi connectivity index (χ1) is 13.0. The van der Waals surface area contributed by atoms with Gasteiger partial charge in [-0.15, -0.1) is 0 Å². The molecule has 0 aromatic heterocycles. The van der Waals surface area contributed by atoms with Crippen molar-refractivity contribution < 1.29 is 19.7 Å². The van der Waals surface area contributed by atoms with Gasteiger partial charge in [0.25, 0.3) is 22.7 Å². The molecule has 0 bridgehead atoms. The van der Waals surface area contributed by atoms with E-state index in [9.17, 15) is 40.5 Å². The molecule has 14 heteroatoms. The van der Waals surface area contributed by atoms with Gasteiger partial charge in [0.1, 0.15) is 0 Å². The summed E-state index contributed by atoms with van der Waals surface area (Å²) in [6, 6.07) is 5.16. The molecular formula is C14H12N6O8. The van der Waals surface area contributed by atoms with Gasteiger partial charge in [0, 0.05) is 18.7 Å². The molecule has 0 amide bonds. The average Bonchev–Trinajstić information content (AvgIpc) is 2.66. The second-order valence-electron chi connectivity index (χ2n) is 5.61. The average molecular weight is 392 g/mol. The van der Waals surface area contributed by atoms with Crippen LogP contribution in [0, 0.1) is 40.5 Å². The monoisotopic (exact) mass is 392 g/mol. The van der Waals surface area contributed by atoms with Crippen molar-refractivity contribution in [2.24, 2.45) is 11.5 Å². The number of nitrogens with zero attached hydrogens (tertiary/aromatic N) is 4. The molecule has 0 aliphatic heterocycles. The Morgan fingerprint density at radius 2 is 1.07 bits per heavy atom. The second-order valence-corrected chi connectivity index (χ2v) is 5.61. The highest BCUT2D eigenvalue weighted by molar-refractivity contribution is 5.61. The summed E-state index contributed by atoms with van der Waals surface area (Å²) in [5.41, 5.74) is 6.49. The van der Waals surface area contributed by atoms with E-state index in [2.05, 4.69) is 0 Å². The van der Waals surface area contributed by atoms with E-state index in [1.165, 1.54) is 0 Å². The van der Waals surface area contributed by atoms with Crippen LogP contribution in [0.15, 0.2) is 36.4 Å². The molecule has 28 heavy (non-hydrogen) atoms. The predicted octanol–water partition coefficient (Wildman–Crippen LogP) is 1.48. The van der Waals surface area contributed by atoms with Crippen molar-refractivity contribution >= 4 is 22.7 Å². The predicted molar refractivity (Wildman–Crippen MR) is 93.5 cm³/mol. The summed E-state index contributed by atoms with van der Waals surface area (Å²) in [5, 5.41) is 44.6. The van der Waals surface area contributed by atoms with Crippen LogP contribution < -0.4 is 11.5 Å². The molecule has 2 aromatic carbocycles. The topological polar surface area (TPSA) is 225 Å². The van der Waals surface area contributed by atoms with Crippen molar-refractivity contribution in [3.05, 3.63) is 88.0 Å². The molecule has 0 saturated heterocycles. The Balaban J connectivity index is 2.83. The van der Waals surface area contributed by atoms with E-state index in [4.69, 9.17) is 11.5 Å². The molecule has 0 radical (unpaired) electrons. The van der Waals surface area contributed by atoms with E-state index in [1.807, 2.05) is 0 Å². The molecule has 2 rings (SSSR count). The number of rotatable bonds is 7. The van der Waals surface area contributed by atoms with Gasteiger partial charge in [-0.05, 0) is 12.1 Å². The van der Waals surface area contributed by atoms with Crippen molar-refractivity contribution in [3.63, 3.8) is 0 Å². The van der Waals surface area contributed by atoms with Crippen LogP contribution >= 0.6 is 0 Å². The lowest BCUT2D eigenvalue weighted by molar-refractivity contribution is -0.395. The third-order valence-electron chi connectivity index (χ3n) is 4.06. The molecule has 0 unspecified atom stereocenters. The molecule has 0 saturated carbocycles. The van der Waals surface area contributed by atoms with Crippen LogP contribution in [-0.2, 0) is 5.54 Å². The fourth-order valence-corrected chi connectivity index (χ4v) is 2.69. The van der Waals surface area contributed by atoms with Crippen LogP contribution in [0.4, 0.5) is 22.7 Å². The zero-order valence-electron chi connectivity index (χ0n) is 13.9. The van der Waals surface area contributed by atoms with Gasteiger partial charge < -0.3 is 11.5 Å². The Labute approximate surface area is 155 Å². The number of nitro groups is 4. The lowest BCUT2D eigenvalue weighted by Crippen LogP contribution is -2.46. The van der Waals surface area contributed by atoms with Gasteiger partial charge in [0.05, 0.1) is 48.5 Å². The maximum absolute atomic E-state index is 11.4. The minimum atomic E-state index is -2.02. The lowest BCUT2D eigenvalue weighted by Gasteiger charge is -2.28. The summed E-state index contributed by atoms with van der Waals surface area (Å²) in [6.45, 7) is -0.565. The smallest absolute Gasteiger partial charge is 0.281 e. The van der Waals surface area contributed by atoms with E-state index in [0.717, 1.165) is 24.3 Å². The minimum absolute atomic E-state index is 0.317. The van der Waals surface area contributed by atoms with E-state index >= 15 is 0 Å². The summed E-state index contributed by atoms with van der Waals surface area (Å²) < 4.78 is 0. The second kappa shape index (κ2) is 7.29. The highest BCUT2D eigenvalue weighted by Gasteiger charge is 2.41. The highest BCUT2D eigenvalue weighted by Crippen LogP contribution is 2.40. The van der Waals surface area contributed by atoms with Gasteiger partial charge in [-0.1, -0.05) is 0 Å². The molecule has 0 aliphatic carbocycles. The van der Waals surface area contributed by atoms with Gasteiger partial charge in [0.2, 0.25) is 0 Å². The van der Waals surface area contributed by atoms with Gasteiger partial charge in [-0.25, -0.2) is 0 Å². The molecule has 146 valence electrons. The third kappa shape index (κ3) is 3.44. The Morgan fingerprint density at radius 3 is 1.32 bits per heavy atom. The zero-order chi connectivity index (χ0) is 21.2. The number of hydrogen-bond donors (Lipinski definition) is 2. The Bertz CT molecular complexity index is 932. The Hall–Kier alpha value is -4.04. The van der Waals surface area contributed by atoms with E-state index in [1.54, 1.807) is 0 Å². The van der Waals surface area contributed by atoms with Gasteiger partial charge >= 0.3 is 0 Å². The van der Waals surface area contributed by atoms with Gasteiger partial charge in [-0.3, -0.25) is 40.5 Å². The van der Waals surface area contributed by atoms with Crippen molar-refractivity contribution in [1.82, 2.24) is 0 Å². The number of non-ortho nitro benzene ring substituents is 2. The van der Waals surface area contributed by atoms with E-state index < -0.39 is 54.5 Å². The largest absolute Gasteiger partial charge is 0.328 e. The van der Waals surface area contributed by atoms with E-state index in [-0.39, 0.29) is 11.1 Å². The van der Waals surface area contributed by atoms with Crippen LogP contribution in [0.1, 0.15) is 11.1 Å². The summed E-state index contributed by atoms with van der Waals surface area (Å²) >= 11 is 0. The molecular weight excluding hydrogens is 380 g/mol. The summed E-state index contributed by atoms with van der Waals surface area (Å²) in [4.78, 5) is 41.0.